The number of hydrogen-bond donors (Lipinski definition) is 1. The Balaban J connectivity index is 1.97. The van der Waals surface area contributed by atoms with E-state index in [-0.39, 0.29) is 11.5 Å². The smallest absolute Gasteiger partial charge is 0.229 e. The van der Waals surface area contributed by atoms with Crippen LogP contribution in [0, 0.1) is 29.9 Å². The first-order chi connectivity index (χ1) is 13.0. The lowest BCUT2D eigenvalue weighted by Crippen LogP contribution is -2.22. The summed E-state index contributed by atoms with van der Waals surface area (Å²) in [5, 5.41) is 14.1. The molecule has 0 radical (unpaired) electrons. The van der Waals surface area contributed by atoms with E-state index < -0.39 is 17.6 Å². The van der Waals surface area contributed by atoms with Gasteiger partial charge < -0.3 is 10.5 Å². The molecule has 2 aromatic carbocycles. The summed E-state index contributed by atoms with van der Waals surface area (Å²) in [6.45, 7) is 1.77. The Morgan fingerprint density at radius 1 is 1.15 bits per heavy atom. The minimum atomic E-state index is -0.996. The fraction of sp³-hybridized carbons (Fsp3) is 0.100. The number of ether oxygens (including phenoxy) is 1. The topological polar surface area (TPSA) is 76.9 Å². The summed E-state index contributed by atoms with van der Waals surface area (Å²) < 4.78 is 34.6. The molecule has 0 aliphatic carbocycles. The molecule has 4 rings (SSSR count). The number of para-hydroxylation sites is 1. The van der Waals surface area contributed by atoms with Crippen molar-refractivity contribution in [3.8, 4) is 17.6 Å². The Morgan fingerprint density at radius 2 is 1.89 bits per heavy atom. The molecule has 1 unspecified atom stereocenters. The standard InChI is InChI=1S/C20H14F2N4O/c1-11-17-18(12-7-8-15(21)16(22)9-12)14(10-23)19(24)27-20(17)26(25-11)13-5-3-2-4-6-13/h2-9,18H,24H2,1H3. The lowest BCUT2D eigenvalue weighted by atomic mass is 9.84. The molecule has 0 saturated carbocycles. The molecule has 2 N–H and O–H groups in total. The first kappa shape index (κ1) is 16.8. The van der Waals surface area contributed by atoms with E-state index in [1.54, 1.807) is 11.6 Å². The average Bonchev–Trinajstić information content (AvgIpc) is 2.99. The van der Waals surface area contributed by atoms with Gasteiger partial charge in [-0.15, -0.1) is 0 Å². The zero-order valence-electron chi connectivity index (χ0n) is 14.3. The quantitative estimate of drug-likeness (QED) is 0.753. The number of nitriles is 1. The van der Waals surface area contributed by atoms with Gasteiger partial charge in [-0.1, -0.05) is 24.3 Å². The van der Waals surface area contributed by atoms with Crippen LogP contribution in [0.4, 0.5) is 8.78 Å². The fourth-order valence-electron chi connectivity index (χ4n) is 3.28. The molecule has 27 heavy (non-hydrogen) atoms. The number of hydrogen-bond acceptors (Lipinski definition) is 4. The van der Waals surface area contributed by atoms with Gasteiger partial charge >= 0.3 is 0 Å². The molecule has 5 nitrogen and oxygen atoms in total. The third kappa shape index (κ3) is 2.62. The number of nitrogens with zero attached hydrogens (tertiary/aromatic N) is 3. The normalized spacial score (nSPS) is 15.9. The molecule has 1 aromatic heterocycles. The summed E-state index contributed by atoms with van der Waals surface area (Å²) in [4.78, 5) is 0. The van der Waals surface area contributed by atoms with Gasteiger partial charge in [0.05, 0.1) is 22.9 Å². The SMILES string of the molecule is Cc1nn(-c2ccccc2)c2c1C(c1ccc(F)c(F)c1)C(C#N)=C(N)O2. The van der Waals surface area contributed by atoms with E-state index >= 15 is 0 Å². The highest BCUT2D eigenvalue weighted by molar-refractivity contribution is 5.57. The Labute approximate surface area is 153 Å². The minimum absolute atomic E-state index is 0.0863. The van der Waals surface area contributed by atoms with Crippen molar-refractivity contribution in [2.45, 2.75) is 12.8 Å². The largest absolute Gasteiger partial charge is 0.422 e. The van der Waals surface area contributed by atoms with Crippen molar-refractivity contribution in [1.29, 1.82) is 5.26 Å². The lowest BCUT2D eigenvalue weighted by Gasteiger charge is -2.25. The van der Waals surface area contributed by atoms with Crippen molar-refractivity contribution in [2.24, 2.45) is 5.73 Å². The van der Waals surface area contributed by atoms with Crippen LogP contribution in [0.3, 0.4) is 0 Å². The van der Waals surface area contributed by atoms with Gasteiger partial charge in [0, 0.05) is 0 Å². The zero-order chi connectivity index (χ0) is 19.1. The summed E-state index contributed by atoms with van der Waals surface area (Å²) in [7, 11) is 0. The van der Waals surface area contributed by atoms with E-state index in [1.165, 1.54) is 6.07 Å². The van der Waals surface area contributed by atoms with Gasteiger partial charge in [0.15, 0.2) is 11.6 Å². The predicted molar refractivity (Wildman–Crippen MR) is 94.0 cm³/mol. The second-order valence-corrected chi connectivity index (χ2v) is 6.15. The van der Waals surface area contributed by atoms with Crippen LogP contribution in [-0.2, 0) is 0 Å². The highest BCUT2D eigenvalue weighted by Gasteiger charge is 2.36. The second kappa shape index (κ2) is 6.25. The van der Waals surface area contributed by atoms with Crippen LogP contribution in [-0.4, -0.2) is 9.78 Å². The van der Waals surface area contributed by atoms with Crippen molar-refractivity contribution < 1.29 is 13.5 Å². The third-order valence-electron chi connectivity index (χ3n) is 4.51. The molecule has 0 spiro atoms. The average molecular weight is 364 g/mol. The van der Waals surface area contributed by atoms with Crippen LogP contribution in [0.25, 0.3) is 5.69 Å². The number of fused-ring (bicyclic) bond motifs is 1. The van der Waals surface area contributed by atoms with Crippen LogP contribution >= 0.6 is 0 Å². The molecular formula is C20H14F2N4O. The summed E-state index contributed by atoms with van der Waals surface area (Å²) in [6, 6.07) is 14.8. The summed E-state index contributed by atoms with van der Waals surface area (Å²) >= 11 is 0. The fourth-order valence-corrected chi connectivity index (χ4v) is 3.28. The maximum absolute atomic E-state index is 13.9. The zero-order valence-corrected chi connectivity index (χ0v) is 14.3. The first-order valence-electron chi connectivity index (χ1n) is 8.18. The molecule has 0 fully saturated rings. The van der Waals surface area contributed by atoms with Crippen molar-refractivity contribution >= 4 is 0 Å². The Bertz CT molecular complexity index is 1110. The summed E-state index contributed by atoms with van der Waals surface area (Å²) in [5.74, 6) is -2.39. The number of aromatic nitrogens is 2. The minimum Gasteiger partial charge on any atom is -0.422 e. The molecular weight excluding hydrogens is 350 g/mol. The third-order valence-corrected chi connectivity index (χ3v) is 4.51. The highest BCUT2D eigenvalue weighted by Crippen LogP contribution is 2.44. The number of allylic oxidation sites excluding steroid dienone is 1. The number of benzene rings is 2. The monoisotopic (exact) mass is 364 g/mol. The van der Waals surface area contributed by atoms with Gasteiger partial charge in [-0.3, -0.25) is 0 Å². The summed E-state index contributed by atoms with van der Waals surface area (Å²) in [6.07, 6.45) is 0. The van der Waals surface area contributed by atoms with Crippen molar-refractivity contribution in [1.82, 2.24) is 9.78 Å². The van der Waals surface area contributed by atoms with Gasteiger partial charge in [0.1, 0.15) is 11.6 Å². The number of rotatable bonds is 2. The van der Waals surface area contributed by atoms with Crippen LogP contribution in [0.1, 0.15) is 22.7 Å². The van der Waals surface area contributed by atoms with E-state index in [0.717, 1.165) is 17.8 Å². The van der Waals surface area contributed by atoms with Crippen LogP contribution in [0.15, 0.2) is 60.0 Å². The first-order valence-corrected chi connectivity index (χ1v) is 8.18. The van der Waals surface area contributed by atoms with Gasteiger partial charge in [-0.2, -0.15) is 10.4 Å². The maximum Gasteiger partial charge on any atom is 0.229 e. The van der Waals surface area contributed by atoms with Crippen LogP contribution in [0.5, 0.6) is 5.88 Å². The van der Waals surface area contributed by atoms with Crippen molar-refractivity contribution in [3.63, 3.8) is 0 Å². The maximum atomic E-state index is 13.9. The number of aryl methyl sites for hydroxylation is 1. The van der Waals surface area contributed by atoms with E-state index in [2.05, 4.69) is 5.10 Å². The molecule has 1 atom stereocenters. The predicted octanol–water partition coefficient (Wildman–Crippen LogP) is 3.68. The van der Waals surface area contributed by atoms with Crippen LogP contribution < -0.4 is 10.5 Å². The number of nitrogens with two attached hydrogens (primary N) is 1. The number of halogens is 2. The molecule has 0 saturated heterocycles. The Kier molecular flexibility index (Phi) is 3.89. The molecule has 1 aliphatic heterocycles. The van der Waals surface area contributed by atoms with Gasteiger partial charge in [0.2, 0.25) is 11.8 Å². The van der Waals surface area contributed by atoms with Crippen LogP contribution in [0.2, 0.25) is 0 Å². The second-order valence-electron chi connectivity index (χ2n) is 6.15. The van der Waals surface area contributed by atoms with Gasteiger partial charge in [-0.05, 0) is 36.8 Å². The molecule has 0 amide bonds. The van der Waals surface area contributed by atoms with E-state index in [1.807, 2.05) is 36.4 Å². The Hall–Kier alpha value is -3.66. The van der Waals surface area contributed by atoms with Gasteiger partial charge in [0.25, 0.3) is 0 Å². The Morgan fingerprint density at radius 3 is 2.56 bits per heavy atom. The molecule has 0 bridgehead atoms. The van der Waals surface area contributed by atoms with E-state index in [9.17, 15) is 14.0 Å². The molecule has 134 valence electrons. The summed E-state index contributed by atoms with van der Waals surface area (Å²) in [5.41, 5.74) is 8.45. The molecule has 2 heterocycles. The molecule has 1 aliphatic rings. The highest BCUT2D eigenvalue weighted by atomic mass is 19.2. The molecule has 3 aromatic rings. The van der Waals surface area contributed by atoms with E-state index in [0.29, 0.717) is 22.7 Å². The van der Waals surface area contributed by atoms with E-state index in [4.69, 9.17) is 10.5 Å². The molecule has 7 heteroatoms. The van der Waals surface area contributed by atoms with Crippen molar-refractivity contribution in [2.75, 3.05) is 0 Å². The van der Waals surface area contributed by atoms with Gasteiger partial charge in [-0.25, -0.2) is 13.5 Å². The van der Waals surface area contributed by atoms with Crippen molar-refractivity contribution in [3.05, 3.63) is 88.4 Å². The lowest BCUT2D eigenvalue weighted by molar-refractivity contribution is 0.367.